The lowest BCUT2D eigenvalue weighted by Crippen LogP contribution is -1.97. The third-order valence-corrected chi connectivity index (χ3v) is 2.75. The highest BCUT2D eigenvalue weighted by molar-refractivity contribution is 6.31. The first-order valence-corrected chi connectivity index (χ1v) is 6.00. The van der Waals surface area contributed by atoms with Crippen molar-refractivity contribution in [3.05, 3.63) is 41.0 Å². The Hall–Kier alpha value is -1.81. The standard InChI is InChI=1S/C13H14ClN3O/c1-8(2)9-3-5-10(6-4-9)18-12-11(14)7-16-13(15)17-12/h3-8H,1-2H3,(H2,15,16,17). The van der Waals surface area contributed by atoms with Crippen molar-refractivity contribution in [2.24, 2.45) is 0 Å². The van der Waals surface area contributed by atoms with Crippen LogP contribution in [0, 0.1) is 0 Å². The molecule has 0 aliphatic carbocycles. The van der Waals surface area contributed by atoms with E-state index >= 15 is 0 Å². The predicted octanol–water partition coefficient (Wildman–Crippen LogP) is 3.63. The summed E-state index contributed by atoms with van der Waals surface area (Å²) in [5, 5.41) is 0.331. The second-order valence-corrected chi connectivity index (χ2v) is 4.61. The highest BCUT2D eigenvalue weighted by Gasteiger charge is 2.07. The van der Waals surface area contributed by atoms with Crippen LogP contribution in [0.4, 0.5) is 5.95 Å². The van der Waals surface area contributed by atoms with Crippen LogP contribution >= 0.6 is 11.6 Å². The molecule has 0 atom stereocenters. The quantitative estimate of drug-likeness (QED) is 0.919. The first kappa shape index (κ1) is 12.6. The van der Waals surface area contributed by atoms with Crippen LogP contribution in [0.25, 0.3) is 0 Å². The lowest BCUT2D eigenvalue weighted by atomic mass is 10.0. The second kappa shape index (κ2) is 5.23. The summed E-state index contributed by atoms with van der Waals surface area (Å²) in [7, 11) is 0. The van der Waals surface area contributed by atoms with Gasteiger partial charge >= 0.3 is 0 Å². The van der Waals surface area contributed by atoms with E-state index in [2.05, 4.69) is 23.8 Å². The van der Waals surface area contributed by atoms with Gasteiger partial charge in [0, 0.05) is 0 Å². The van der Waals surface area contributed by atoms with E-state index < -0.39 is 0 Å². The van der Waals surface area contributed by atoms with Gasteiger partial charge in [0.2, 0.25) is 11.8 Å². The monoisotopic (exact) mass is 263 g/mol. The number of benzene rings is 1. The van der Waals surface area contributed by atoms with Gasteiger partial charge in [-0.2, -0.15) is 4.98 Å². The fourth-order valence-corrected chi connectivity index (χ4v) is 1.60. The molecule has 0 bridgehead atoms. The molecule has 1 aromatic heterocycles. The van der Waals surface area contributed by atoms with Gasteiger partial charge in [-0.3, -0.25) is 0 Å². The molecular weight excluding hydrogens is 250 g/mol. The topological polar surface area (TPSA) is 61.0 Å². The average Bonchev–Trinajstić information content (AvgIpc) is 2.34. The maximum absolute atomic E-state index is 5.92. The van der Waals surface area contributed by atoms with Gasteiger partial charge in [-0.05, 0) is 23.6 Å². The molecule has 1 heterocycles. The maximum Gasteiger partial charge on any atom is 0.243 e. The lowest BCUT2D eigenvalue weighted by molar-refractivity contribution is 0.462. The lowest BCUT2D eigenvalue weighted by Gasteiger charge is -2.09. The number of nitrogens with zero attached hydrogens (tertiary/aromatic N) is 2. The van der Waals surface area contributed by atoms with E-state index in [0.717, 1.165) is 0 Å². The van der Waals surface area contributed by atoms with Gasteiger partial charge in [0.15, 0.2) is 0 Å². The Labute approximate surface area is 111 Å². The van der Waals surface area contributed by atoms with Gasteiger partial charge in [-0.1, -0.05) is 37.6 Å². The molecule has 18 heavy (non-hydrogen) atoms. The summed E-state index contributed by atoms with van der Waals surface area (Å²) < 4.78 is 5.56. The fraction of sp³-hybridized carbons (Fsp3) is 0.231. The third-order valence-electron chi connectivity index (χ3n) is 2.49. The Bertz CT molecular complexity index is 540. The first-order valence-electron chi connectivity index (χ1n) is 5.62. The van der Waals surface area contributed by atoms with Crippen LogP contribution in [0.2, 0.25) is 5.02 Å². The molecule has 2 aromatic rings. The molecular formula is C13H14ClN3O. The molecule has 0 fully saturated rings. The number of aromatic nitrogens is 2. The number of ether oxygens (including phenoxy) is 1. The van der Waals surface area contributed by atoms with Gasteiger partial charge in [-0.15, -0.1) is 0 Å². The summed E-state index contributed by atoms with van der Waals surface area (Å²) in [5.41, 5.74) is 6.73. The minimum Gasteiger partial charge on any atom is -0.437 e. The summed E-state index contributed by atoms with van der Waals surface area (Å²) in [6, 6.07) is 7.78. The number of anilines is 1. The van der Waals surface area contributed by atoms with E-state index in [0.29, 0.717) is 16.7 Å². The minimum absolute atomic E-state index is 0.133. The normalized spacial score (nSPS) is 10.7. The Morgan fingerprint density at radius 3 is 2.50 bits per heavy atom. The van der Waals surface area contributed by atoms with E-state index in [1.807, 2.05) is 24.3 Å². The molecule has 0 saturated carbocycles. The predicted molar refractivity (Wildman–Crippen MR) is 72.1 cm³/mol. The van der Waals surface area contributed by atoms with Crippen molar-refractivity contribution in [3.63, 3.8) is 0 Å². The largest absolute Gasteiger partial charge is 0.437 e. The van der Waals surface area contributed by atoms with E-state index in [4.69, 9.17) is 22.1 Å². The number of hydrogen-bond donors (Lipinski definition) is 1. The molecule has 0 aliphatic heterocycles. The number of rotatable bonds is 3. The molecule has 4 nitrogen and oxygen atoms in total. The Morgan fingerprint density at radius 2 is 1.89 bits per heavy atom. The highest BCUT2D eigenvalue weighted by Crippen LogP contribution is 2.27. The van der Waals surface area contributed by atoms with Crippen LogP contribution in [0.5, 0.6) is 11.6 Å². The van der Waals surface area contributed by atoms with Gasteiger partial charge in [-0.25, -0.2) is 4.98 Å². The number of nitrogens with two attached hydrogens (primary N) is 1. The third kappa shape index (κ3) is 2.90. The molecule has 2 rings (SSSR count). The van der Waals surface area contributed by atoms with Crippen LogP contribution in [-0.2, 0) is 0 Å². The Kier molecular flexibility index (Phi) is 3.67. The van der Waals surface area contributed by atoms with Crippen LogP contribution in [0.3, 0.4) is 0 Å². The number of hydrogen-bond acceptors (Lipinski definition) is 4. The van der Waals surface area contributed by atoms with Crippen LogP contribution in [0.15, 0.2) is 30.5 Å². The summed E-state index contributed by atoms with van der Waals surface area (Å²) in [4.78, 5) is 7.71. The summed E-state index contributed by atoms with van der Waals surface area (Å²) in [5.74, 6) is 1.55. The van der Waals surface area contributed by atoms with E-state index in [9.17, 15) is 0 Å². The molecule has 94 valence electrons. The van der Waals surface area contributed by atoms with Crippen molar-refractivity contribution in [2.75, 3.05) is 5.73 Å². The molecule has 1 aromatic carbocycles. The molecule has 2 N–H and O–H groups in total. The van der Waals surface area contributed by atoms with E-state index in [1.54, 1.807) is 0 Å². The molecule has 0 saturated heterocycles. The van der Waals surface area contributed by atoms with Gasteiger partial charge in [0.05, 0.1) is 6.20 Å². The average molecular weight is 264 g/mol. The summed E-state index contributed by atoms with van der Waals surface area (Å²) in [6.07, 6.45) is 1.42. The van der Waals surface area contributed by atoms with Gasteiger partial charge in [0.1, 0.15) is 10.8 Å². The van der Waals surface area contributed by atoms with Crippen molar-refractivity contribution in [2.45, 2.75) is 19.8 Å². The van der Waals surface area contributed by atoms with Gasteiger partial charge < -0.3 is 10.5 Å². The number of halogens is 1. The van der Waals surface area contributed by atoms with Crippen molar-refractivity contribution in [1.82, 2.24) is 9.97 Å². The molecule has 0 aliphatic rings. The van der Waals surface area contributed by atoms with E-state index in [-0.39, 0.29) is 11.8 Å². The molecule has 0 amide bonds. The number of nitrogen functional groups attached to an aromatic ring is 1. The van der Waals surface area contributed by atoms with Crippen molar-refractivity contribution in [3.8, 4) is 11.6 Å². The Balaban J connectivity index is 2.21. The molecule has 0 radical (unpaired) electrons. The van der Waals surface area contributed by atoms with Crippen LogP contribution < -0.4 is 10.5 Å². The van der Waals surface area contributed by atoms with Crippen LogP contribution in [-0.4, -0.2) is 9.97 Å². The van der Waals surface area contributed by atoms with Crippen molar-refractivity contribution >= 4 is 17.5 Å². The SMILES string of the molecule is CC(C)c1ccc(Oc2nc(N)ncc2Cl)cc1. The fourth-order valence-electron chi connectivity index (χ4n) is 1.47. The van der Waals surface area contributed by atoms with E-state index in [1.165, 1.54) is 11.8 Å². The molecule has 0 spiro atoms. The Morgan fingerprint density at radius 1 is 1.22 bits per heavy atom. The summed E-state index contributed by atoms with van der Waals surface area (Å²) in [6.45, 7) is 4.27. The smallest absolute Gasteiger partial charge is 0.243 e. The van der Waals surface area contributed by atoms with Crippen LogP contribution in [0.1, 0.15) is 25.3 Å². The van der Waals surface area contributed by atoms with Gasteiger partial charge in [0.25, 0.3) is 0 Å². The first-order chi connectivity index (χ1) is 8.56. The molecule has 0 unspecified atom stereocenters. The van der Waals surface area contributed by atoms with Crippen molar-refractivity contribution in [1.29, 1.82) is 0 Å². The second-order valence-electron chi connectivity index (χ2n) is 4.21. The molecule has 5 heteroatoms. The zero-order valence-electron chi connectivity index (χ0n) is 10.2. The van der Waals surface area contributed by atoms with Crippen molar-refractivity contribution < 1.29 is 4.74 Å². The maximum atomic E-state index is 5.92. The zero-order chi connectivity index (χ0) is 13.1. The highest BCUT2D eigenvalue weighted by atomic mass is 35.5. The summed E-state index contributed by atoms with van der Waals surface area (Å²) >= 11 is 5.92. The zero-order valence-corrected chi connectivity index (χ0v) is 11.0. The minimum atomic E-state index is 0.133.